The number of piperidine rings is 1. The molecule has 1 fully saturated rings. The molecule has 1 aliphatic rings. The molecule has 2 N–H and O–H groups in total. The first kappa shape index (κ1) is 20.0. The molecule has 0 radical (unpaired) electrons. The summed E-state index contributed by atoms with van der Waals surface area (Å²) >= 11 is 0. The molecule has 2 heterocycles. The van der Waals surface area contributed by atoms with Gasteiger partial charge in [-0.1, -0.05) is 12.1 Å². The minimum absolute atomic E-state index is 0.127. The van der Waals surface area contributed by atoms with Crippen LogP contribution in [-0.2, 0) is 6.18 Å². The first-order chi connectivity index (χ1) is 14.3. The smallest absolute Gasteiger partial charge is 0.372 e. The van der Waals surface area contributed by atoms with Crippen LogP contribution in [0, 0.1) is 0 Å². The molecule has 0 saturated carbocycles. The maximum atomic E-state index is 14.0. The number of anilines is 1. The molecule has 156 valence electrons. The van der Waals surface area contributed by atoms with Gasteiger partial charge in [-0.25, -0.2) is 0 Å². The number of fused-ring (bicyclic) bond motifs is 1. The highest BCUT2D eigenvalue weighted by Gasteiger charge is 2.35. The predicted molar refractivity (Wildman–Crippen MR) is 109 cm³/mol. The van der Waals surface area contributed by atoms with Gasteiger partial charge in [-0.15, -0.1) is 0 Å². The van der Waals surface area contributed by atoms with Gasteiger partial charge in [-0.3, -0.25) is 9.59 Å². The van der Waals surface area contributed by atoms with Crippen molar-refractivity contribution in [2.24, 2.45) is 5.73 Å². The van der Waals surface area contributed by atoms with Crippen molar-refractivity contribution in [3.8, 4) is 5.69 Å². The van der Waals surface area contributed by atoms with E-state index in [0.717, 1.165) is 31.5 Å². The Morgan fingerprint density at radius 3 is 2.37 bits per heavy atom. The summed E-state index contributed by atoms with van der Waals surface area (Å²) < 4.78 is 43.3. The van der Waals surface area contributed by atoms with Crippen LogP contribution in [0.2, 0.25) is 0 Å². The number of aromatic nitrogens is 1. The minimum atomic E-state index is -4.63. The summed E-state index contributed by atoms with van der Waals surface area (Å²) in [6.45, 7) is 1.42. The Labute approximate surface area is 170 Å². The summed E-state index contributed by atoms with van der Waals surface area (Å²) in [4.78, 5) is 26.3. The lowest BCUT2D eigenvalue weighted by Gasteiger charge is -2.30. The van der Waals surface area contributed by atoms with E-state index in [1.54, 1.807) is 24.3 Å². The number of halogens is 3. The Bertz CT molecular complexity index is 1180. The average Bonchev–Trinajstić information content (AvgIpc) is 2.74. The number of carbonyl (C=O) groups is 1. The van der Waals surface area contributed by atoms with E-state index in [-0.39, 0.29) is 22.2 Å². The fourth-order valence-corrected chi connectivity index (χ4v) is 3.96. The van der Waals surface area contributed by atoms with Crippen LogP contribution in [0.25, 0.3) is 16.6 Å². The standard InChI is InChI=1S/C22H20F3N3O2/c23-22(24,25)17-12-14(27-10-4-1-5-11-27)8-9-19(17)28-13-16(21(26)30)20(29)15-6-2-3-7-18(15)28/h2-3,6-9,12-13H,1,4-5,10-11H2,(H2,26,30). The van der Waals surface area contributed by atoms with Crippen LogP contribution in [0.5, 0.6) is 0 Å². The van der Waals surface area contributed by atoms with Crippen LogP contribution < -0.4 is 16.1 Å². The summed E-state index contributed by atoms with van der Waals surface area (Å²) in [6, 6.07) is 10.4. The first-order valence-electron chi connectivity index (χ1n) is 9.68. The number of nitrogens with zero attached hydrogens (tertiary/aromatic N) is 2. The van der Waals surface area contributed by atoms with E-state index in [2.05, 4.69) is 0 Å². The molecule has 0 aliphatic carbocycles. The molecular weight excluding hydrogens is 395 g/mol. The topological polar surface area (TPSA) is 68.3 Å². The molecule has 3 aromatic rings. The van der Waals surface area contributed by atoms with Gasteiger partial charge >= 0.3 is 6.18 Å². The zero-order valence-corrected chi connectivity index (χ0v) is 16.1. The second-order valence-corrected chi connectivity index (χ2v) is 7.37. The highest BCUT2D eigenvalue weighted by atomic mass is 19.4. The Morgan fingerprint density at radius 1 is 1.00 bits per heavy atom. The molecule has 0 atom stereocenters. The van der Waals surface area contributed by atoms with Crippen molar-refractivity contribution in [3.63, 3.8) is 0 Å². The predicted octanol–water partition coefficient (Wildman–Crippen LogP) is 4.10. The SMILES string of the molecule is NC(=O)c1cn(-c2ccc(N3CCCCC3)cc2C(F)(F)F)c2ccccc2c1=O. The molecule has 1 aliphatic heterocycles. The van der Waals surface area contributed by atoms with Crippen LogP contribution in [0.1, 0.15) is 35.2 Å². The second-order valence-electron chi connectivity index (χ2n) is 7.37. The number of primary amides is 1. The van der Waals surface area contributed by atoms with E-state index < -0.39 is 23.1 Å². The maximum absolute atomic E-state index is 14.0. The molecule has 2 aromatic carbocycles. The number of benzene rings is 2. The number of amides is 1. The lowest BCUT2D eigenvalue weighted by molar-refractivity contribution is -0.137. The van der Waals surface area contributed by atoms with Crippen molar-refractivity contribution in [1.29, 1.82) is 0 Å². The van der Waals surface area contributed by atoms with Gasteiger partial charge in [0.2, 0.25) is 5.43 Å². The lowest BCUT2D eigenvalue weighted by Crippen LogP contribution is -2.29. The van der Waals surface area contributed by atoms with E-state index in [0.29, 0.717) is 18.8 Å². The highest BCUT2D eigenvalue weighted by Crippen LogP contribution is 2.37. The third-order valence-electron chi connectivity index (χ3n) is 5.44. The van der Waals surface area contributed by atoms with Gasteiger partial charge in [0.05, 0.1) is 16.8 Å². The van der Waals surface area contributed by atoms with Gasteiger partial charge in [-0.2, -0.15) is 13.2 Å². The number of hydrogen-bond acceptors (Lipinski definition) is 3. The fourth-order valence-electron chi connectivity index (χ4n) is 3.96. The van der Waals surface area contributed by atoms with Crippen molar-refractivity contribution < 1.29 is 18.0 Å². The van der Waals surface area contributed by atoms with Crippen molar-refractivity contribution in [3.05, 3.63) is 70.0 Å². The van der Waals surface area contributed by atoms with E-state index >= 15 is 0 Å². The summed E-state index contributed by atoms with van der Waals surface area (Å²) in [5.41, 5.74) is 4.12. The molecule has 0 unspecified atom stereocenters. The first-order valence-corrected chi connectivity index (χ1v) is 9.68. The van der Waals surface area contributed by atoms with Crippen molar-refractivity contribution in [2.45, 2.75) is 25.4 Å². The molecule has 0 spiro atoms. The van der Waals surface area contributed by atoms with Gasteiger partial charge in [0.1, 0.15) is 5.56 Å². The number of carbonyl (C=O) groups excluding carboxylic acids is 1. The maximum Gasteiger partial charge on any atom is 0.418 e. The monoisotopic (exact) mass is 415 g/mol. The minimum Gasteiger partial charge on any atom is -0.372 e. The summed E-state index contributed by atoms with van der Waals surface area (Å²) in [5.74, 6) is -0.988. The normalized spacial score (nSPS) is 14.8. The summed E-state index contributed by atoms with van der Waals surface area (Å²) in [5, 5.41) is 0.127. The molecule has 4 rings (SSSR count). The van der Waals surface area contributed by atoms with Crippen LogP contribution in [0.3, 0.4) is 0 Å². The Hall–Kier alpha value is -3.29. The largest absolute Gasteiger partial charge is 0.418 e. The zero-order valence-electron chi connectivity index (χ0n) is 16.1. The fraction of sp³-hybridized carbons (Fsp3) is 0.273. The van der Waals surface area contributed by atoms with E-state index in [1.807, 2.05) is 4.90 Å². The van der Waals surface area contributed by atoms with E-state index in [1.165, 1.54) is 16.7 Å². The highest BCUT2D eigenvalue weighted by molar-refractivity contribution is 5.96. The Kier molecular flexibility index (Phi) is 5.01. The number of rotatable bonds is 3. The number of para-hydroxylation sites is 1. The van der Waals surface area contributed by atoms with E-state index in [9.17, 15) is 22.8 Å². The number of nitrogens with two attached hydrogens (primary N) is 1. The van der Waals surface area contributed by atoms with Crippen molar-refractivity contribution in [2.75, 3.05) is 18.0 Å². The van der Waals surface area contributed by atoms with Crippen LogP contribution >= 0.6 is 0 Å². The van der Waals surface area contributed by atoms with Gasteiger partial charge in [0.25, 0.3) is 5.91 Å². The molecule has 1 aromatic heterocycles. The quantitative estimate of drug-likeness (QED) is 0.700. The zero-order chi connectivity index (χ0) is 21.5. The summed E-state index contributed by atoms with van der Waals surface area (Å²) in [7, 11) is 0. The van der Waals surface area contributed by atoms with E-state index in [4.69, 9.17) is 5.73 Å². The number of hydrogen-bond donors (Lipinski definition) is 1. The third-order valence-corrected chi connectivity index (χ3v) is 5.44. The summed E-state index contributed by atoms with van der Waals surface area (Å²) in [6.07, 6.45) is -0.582. The molecule has 5 nitrogen and oxygen atoms in total. The molecular formula is C22H20F3N3O2. The van der Waals surface area contributed by atoms with Gasteiger partial charge in [0, 0.05) is 30.4 Å². The lowest BCUT2D eigenvalue weighted by atomic mass is 10.1. The van der Waals surface area contributed by atoms with Crippen molar-refractivity contribution in [1.82, 2.24) is 4.57 Å². The van der Waals surface area contributed by atoms with Gasteiger partial charge < -0.3 is 15.2 Å². The van der Waals surface area contributed by atoms with Gasteiger partial charge in [0.15, 0.2) is 0 Å². The van der Waals surface area contributed by atoms with Crippen LogP contribution in [0.15, 0.2) is 53.5 Å². The van der Waals surface area contributed by atoms with Crippen LogP contribution in [0.4, 0.5) is 18.9 Å². The molecule has 0 bridgehead atoms. The molecule has 8 heteroatoms. The second kappa shape index (κ2) is 7.51. The number of alkyl halides is 3. The Balaban J connectivity index is 1.98. The third kappa shape index (κ3) is 3.53. The van der Waals surface area contributed by atoms with Crippen molar-refractivity contribution >= 4 is 22.5 Å². The van der Waals surface area contributed by atoms with Gasteiger partial charge in [-0.05, 0) is 49.6 Å². The van der Waals surface area contributed by atoms with Crippen LogP contribution in [-0.4, -0.2) is 23.6 Å². The average molecular weight is 415 g/mol. The number of pyridine rings is 1. The molecule has 1 amide bonds. The molecule has 30 heavy (non-hydrogen) atoms. The Morgan fingerprint density at radius 2 is 1.70 bits per heavy atom. The molecule has 1 saturated heterocycles.